The number of aromatic hydroxyl groups is 1. The Labute approximate surface area is 158 Å². The lowest BCUT2D eigenvalue weighted by Crippen LogP contribution is -2.46. The molecule has 0 radical (unpaired) electrons. The van der Waals surface area contributed by atoms with E-state index >= 15 is 0 Å². The van der Waals surface area contributed by atoms with Crippen LogP contribution in [0.3, 0.4) is 0 Å². The first-order valence-electron chi connectivity index (χ1n) is 8.39. The van der Waals surface area contributed by atoms with Crippen molar-refractivity contribution in [1.29, 1.82) is 0 Å². The summed E-state index contributed by atoms with van der Waals surface area (Å²) in [5.41, 5.74) is 1.72. The number of phenolic OH excluding ortho intramolecular Hbond substituents is 1. The van der Waals surface area contributed by atoms with Gasteiger partial charge in [0.05, 0.1) is 5.92 Å². The van der Waals surface area contributed by atoms with Gasteiger partial charge in [0.15, 0.2) is 0 Å². The van der Waals surface area contributed by atoms with Crippen LogP contribution in [0, 0.1) is 5.92 Å². The lowest BCUT2D eigenvalue weighted by atomic mass is 9.88. The summed E-state index contributed by atoms with van der Waals surface area (Å²) in [7, 11) is 0. The zero-order valence-electron chi connectivity index (χ0n) is 14.5. The van der Waals surface area contributed by atoms with Gasteiger partial charge in [-0.3, -0.25) is 4.79 Å². The number of carbonyl (C=O) groups excluding carboxylic acids is 1. The standard InChI is InChI=1S/C20H23NO4S/c1-13(15-5-3-2-4-6-15)17(12-26)19(23)21-18(20(24)25)11-14-7-9-16(22)10-8-14/h2-10,13,17-18,22,26H,11-12H2,1H3,(H,21,23)(H,24,25). The largest absolute Gasteiger partial charge is 0.508 e. The predicted octanol–water partition coefficient (Wildman–Crippen LogP) is 2.85. The molecule has 0 aliphatic rings. The molecule has 0 aromatic heterocycles. The van der Waals surface area contributed by atoms with E-state index in [0.29, 0.717) is 11.3 Å². The van der Waals surface area contributed by atoms with Crippen LogP contribution in [0.1, 0.15) is 24.0 Å². The Morgan fingerprint density at radius 1 is 1.08 bits per heavy atom. The highest BCUT2D eigenvalue weighted by Gasteiger charge is 2.29. The molecule has 6 heteroatoms. The molecule has 0 aliphatic heterocycles. The zero-order valence-corrected chi connectivity index (χ0v) is 15.4. The van der Waals surface area contributed by atoms with Crippen LogP contribution in [0.5, 0.6) is 5.75 Å². The molecule has 3 unspecified atom stereocenters. The molecule has 138 valence electrons. The van der Waals surface area contributed by atoms with Crippen molar-refractivity contribution in [2.45, 2.75) is 25.3 Å². The van der Waals surface area contributed by atoms with Crippen molar-refractivity contribution in [3.8, 4) is 5.75 Å². The fourth-order valence-corrected chi connectivity index (χ4v) is 3.29. The Morgan fingerprint density at radius 2 is 1.69 bits per heavy atom. The summed E-state index contributed by atoms with van der Waals surface area (Å²) >= 11 is 4.29. The Kier molecular flexibility index (Phi) is 7.09. The quantitative estimate of drug-likeness (QED) is 0.536. The molecule has 0 saturated heterocycles. The number of amides is 1. The van der Waals surface area contributed by atoms with Crippen molar-refractivity contribution < 1.29 is 19.8 Å². The second-order valence-electron chi connectivity index (χ2n) is 6.26. The molecule has 0 bridgehead atoms. The molecule has 1 amide bonds. The van der Waals surface area contributed by atoms with E-state index in [9.17, 15) is 19.8 Å². The van der Waals surface area contributed by atoms with Crippen molar-refractivity contribution in [3.05, 3.63) is 65.7 Å². The maximum Gasteiger partial charge on any atom is 0.326 e. The van der Waals surface area contributed by atoms with E-state index < -0.39 is 17.9 Å². The number of carboxylic acid groups (broad SMARTS) is 1. The van der Waals surface area contributed by atoms with Gasteiger partial charge in [0.25, 0.3) is 0 Å². The number of hydrogen-bond acceptors (Lipinski definition) is 4. The molecule has 5 nitrogen and oxygen atoms in total. The van der Waals surface area contributed by atoms with Crippen LogP contribution in [0.15, 0.2) is 54.6 Å². The summed E-state index contributed by atoms with van der Waals surface area (Å²) in [6, 6.07) is 14.8. The summed E-state index contributed by atoms with van der Waals surface area (Å²) in [5, 5.41) is 21.4. The summed E-state index contributed by atoms with van der Waals surface area (Å²) in [6.07, 6.45) is 0.139. The smallest absolute Gasteiger partial charge is 0.326 e. The second kappa shape index (κ2) is 9.29. The molecule has 0 saturated carbocycles. The zero-order chi connectivity index (χ0) is 19.1. The van der Waals surface area contributed by atoms with Crippen LogP contribution in [-0.4, -0.2) is 33.9 Å². The molecule has 0 aliphatic carbocycles. The van der Waals surface area contributed by atoms with Crippen LogP contribution in [0.25, 0.3) is 0 Å². The minimum atomic E-state index is -1.10. The van der Waals surface area contributed by atoms with Crippen LogP contribution < -0.4 is 5.32 Å². The molecule has 2 rings (SSSR count). The minimum absolute atomic E-state index is 0.0863. The average Bonchev–Trinajstić information content (AvgIpc) is 2.64. The van der Waals surface area contributed by atoms with Gasteiger partial charge in [-0.1, -0.05) is 49.4 Å². The van der Waals surface area contributed by atoms with Gasteiger partial charge in [-0.15, -0.1) is 0 Å². The monoisotopic (exact) mass is 373 g/mol. The lowest BCUT2D eigenvalue weighted by Gasteiger charge is -2.24. The Bertz CT molecular complexity index is 733. The summed E-state index contributed by atoms with van der Waals surface area (Å²) in [5.74, 6) is -1.54. The van der Waals surface area contributed by atoms with Crippen molar-refractivity contribution in [2.24, 2.45) is 5.92 Å². The molecule has 2 aromatic carbocycles. The van der Waals surface area contributed by atoms with E-state index in [1.54, 1.807) is 12.1 Å². The maximum atomic E-state index is 12.7. The topological polar surface area (TPSA) is 86.6 Å². The molecule has 0 spiro atoms. The summed E-state index contributed by atoms with van der Waals surface area (Å²) in [6.45, 7) is 1.94. The molecular weight excluding hydrogens is 350 g/mol. The van der Waals surface area contributed by atoms with Crippen molar-refractivity contribution >= 4 is 24.5 Å². The highest BCUT2D eigenvalue weighted by atomic mass is 32.1. The average molecular weight is 373 g/mol. The lowest BCUT2D eigenvalue weighted by molar-refractivity contribution is -0.142. The van der Waals surface area contributed by atoms with E-state index in [1.165, 1.54) is 12.1 Å². The van der Waals surface area contributed by atoms with Crippen LogP contribution in [0.4, 0.5) is 0 Å². The van der Waals surface area contributed by atoms with Gasteiger partial charge in [-0.2, -0.15) is 12.6 Å². The van der Waals surface area contributed by atoms with Gasteiger partial charge >= 0.3 is 5.97 Å². The SMILES string of the molecule is CC(c1ccccc1)C(CS)C(=O)NC(Cc1ccc(O)cc1)C(=O)O. The number of carbonyl (C=O) groups is 2. The molecule has 3 atom stereocenters. The fourth-order valence-electron chi connectivity index (χ4n) is 2.80. The molecule has 3 N–H and O–H groups in total. The minimum Gasteiger partial charge on any atom is -0.508 e. The Hall–Kier alpha value is -2.47. The number of aliphatic carboxylic acids is 1. The van der Waals surface area contributed by atoms with Gasteiger partial charge in [0.1, 0.15) is 11.8 Å². The first-order chi connectivity index (χ1) is 12.4. The molecule has 2 aromatic rings. The summed E-state index contributed by atoms with van der Waals surface area (Å²) < 4.78 is 0. The van der Waals surface area contributed by atoms with E-state index in [1.807, 2.05) is 37.3 Å². The van der Waals surface area contributed by atoms with Gasteiger partial charge in [-0.05, 0) is 29.2 Å². The number of rotatable bonds is 8. The number of thiol groups is 1. The molecule has 0 heterocycles. The highest BCUT2D eigenvalue weighted by Crippen LogP contribution is 2.25. The number of hydrogen-bond donors (Lipinski definition) is 4. The van der Waals surface area contributed by atoms with Gasteiger partial charge in [0, 0.05) is 12.2 Å². The van der Waals surface area contributed by atoms with Gasteiger partial charge < -0.3 is 15.5 Å². The van der Waals surface area contributed by atoms with Gasteiger partial charge in [-0.25, -0.2) is 4.79 Å². The number of benzene rings is 2. The third kappa shape index (κ3) is 5.26. The molecular formula is C20H23NO4S. The second-order valence-corrected chi connectivity index (χ2v) is 6.62. The normalized spacial score (nSPS) is 14.2. The van der Waals surface area contributed by atoms with E-state index in [0.717, 1.165) is 5.56 Å². The highest BCUT2D eigenvalue weighted by molar-refractivity contribution is 7.80. The van der Waals surface area contributed by atoms with E-state index in [4.69, 9.17) is 0 Å². The molecule has 0 fully saturated rings. The third-order valence-electron chi connectivity index (χ3n) is 4.45. The Morgan fingerprint density at radius 3 is 2.23 bits per heavy atom. The fraction of sp³-hybridized carbons (Fsp3) is 0.300. The van der Waals surface area contributed by atoms with E-state index in [-0.39, 0.29) is 24.0 Å². The van der Waals surface area contributed by atoms with Gasteiger partial charge in [0.2, 0.25) is 5.91 Å². The number of nitrogens with one attached hydrogen (secondary N) is 1. The van der Waals surface area contributed by atoms with Crippen molar-refractivity contribution in [1.82, 2.24) is 5.32 Å². The van der Waals surface area contributed by atoms with E-state index in [2.05, 4.69) is 17.9 Å². The molecule has 26 heavy (non-hydrogen) atoms. The Balaban J connectivity index is 2.09. The first kappa shape index (κ1) is 19.8. The third-order valence-corrected chi connectivity index (χ3v) is 4.85. The maximum absolute atomic E-state index is 12.7. The first-order valence-corrected chi connectivity index (χ1v) is 9.02. The van der Waals surface area contributed by atoms with Crippen LogP contribution >= 0.6 is 12.6 Å². The summed E-state index contributed by atoms with van der Waals surface area (Å²) in [4.78, 5) is 24.3. The van der Waals surface area contributed by atoms with Crippen LogP contribution in [0.2, 0.25) is 0 Å². The predicted molar refractivity (Wildman–Crippen MR) is 104 cm³/mol. The van der Waals surface area contributed by atoms with Crippen molar-refractivity contribution in [2.75, 3.05) is 5.75 Å². The van der Waals surface area contributed by atoms with Crippen LogP contribution in [-0.2, 0) is 16.0 Å². The number of carboxylic acids is 1. The van der Waals surface area contributed by atoms with Crippen molar-refractivity contribution in [3.63, 3.8) is 0 Å². The number of phenols is 1.